The first-order valence-electron chi connectivity index (χ1n) is 8.06. The van der Waals surface area contributed by atoms with Crippen LogP contribution in [0.25, 0.3) is 0 Å². The standard InChI is InChI=1S/C16H21N5O3S/c1-11-18-15(20-19-11)25-7-4-17-16(23)21-5-6-24-14-3-2-12(10-22)8-13(14)9-21/h2-3,8,22H,4-7,9-10H2,1H3,(H,17,23)(H,18,19,20). The molecule has 2 aromatic rings. The minimum atomic E-state index is -0.127. The van der Waals surface area contributed by atoms with Crippen LogP contribution >= 0.6 is 11.8 Å². The molecule has 0 bridgehead atoms. The third-order valence-corrected chi connectivity index (χ3v) is 4.61. The van der Waals surface area contributed by atoms with Crippen molar-refractivity contribution in [2.24, 2.45) is 0 Å². The maximum Gasteiger partial charge on any atom is 0.317 e. The molecule has 3 rings (SSSR count). The minimum Gasteiger partial charge on any atom is -0.491 e. The number of amides is 2. The number of aliphatic hydroxyl groups excluding tert-OH is 1. The first-order chi connectivity index (χ1) is 12.2. The molecule has 0 saturated carbocycles. The molecule has 0 unspecified atom stereocenters. The van der Waals surface area contributed by atoms with Gasteiger partial charge in [-0.2, -0.15) is 0 Å². The van der Waals surface area contributed by atoms with Crippen molar-refractivity contribution in [2.45, 2.75) is 25.2 Å². The molecule has 3 N–H and O–H groups in total. The van der Waals surface area contributed by atoms with Crippen LogP contribution in [-0.2, 0) is 13.2 Å². The zero-order chi connectivity index (χ0) is 17.6. The van der Waals surface area contributed by atoms with Gasteiger partial charge in [0.1, 0.15) is 18.2 Å². The molecule has 0 aliphatic carbocycles. The molecule has 0 saturated heterocycles. The number of hydrogen-bond donors (Lipinski definition) is 3. The summed E-state index contributed by atoms with van der Waals surface area (Å²) in [6.45, 7) is 3.77. The number of fused-ring (bicyclic) bond motifs is 1. The Morgan fingerprint density at radius 2 is 2.40 bits per heavy atom. The molecule has 8 nitrogen and oxygen atoms in total. The predicted octanol–water partition coefficient (Wildman–Crippen LogP) is 1.30. The Hall–Kier alpha value is -2.26. The summed E-state index contributed by atoms with van der Waals surface area (Å²) < 4.78 is 5.69. The molecular weight excluding hydrogens is 342 g/mol. The molecule has 0 radical (unpaired) electrons. The Morgan fingerprint density at radius 1 is 1.52 bits per heavy atom. The quantitative estimate of drug-likeness (QED) is 0.547. The van der Waals surface area contributed by atoms with E-state index in [9.17, 15) is 9.90 Å². The number of nitrogens with zero attached hydrogens (tertiary/aromatic N) is 3. The maximum absolute atomic E-state index is 12.4. The number of thioether (sulfide) groups is 1. The Balaban J connectivity index is 1.51. The summed E-state index contributed by atoms with van der Waals surface area (Å²) in [5, 5.41) is 19.7. The zero-order valence-corrected chi connectivity index (χ0v) is 14.8. The molecule has 25 heavy (non-hydrogen) atoms. The Labute approximate surface area is 150 Å². The van der Waals surface area contributed by atoms with Crippen LogP contribution in [0.1, 0.15) is 17.0 Å². The molecule has 0 spiro atoms. The summed E-state index contributed by atoms with van der Waals surface area (Å²) in [6.07, 6.45) is 0. The van der Waals surface area contributed by atoms with Gasteiger partial charge in [0.25, 0.3) is 0 Å². The Kier molecular flexibility index (Phi) is 5.77. The molecule has 134 valence electrons. The van der Waals surface area contributed by atoms with Gasteiger partial charge in [0.05, 0.1) is 19.7 Å². The van der Waals surface area contributed by atoms with Crippen LogP contribution in [0.15, 0.2) is 23.4 Å². The number of aryl methyl sites for hydroxylation is 1. The molecule has 2 amide bonds. The summed E-state index contributed by atoms with van der Waals surface area (Å²) in [6, 6.07) is 5.43. The van der Waals surface area contributed by atoms with Crippen LogP contribution in [0.4, 0.5) is 4.79 Å². The van der Waals surface area contributed by atoms with Crippen LogP contribution in [0.3, 0.4) is 0 Å². The lowest BCUT2D eigenvalue weighted by Gasteiger charge is -2.20. The fourth-order valence-corrected chi connectivity index (χ4v) is 3.22. The van der Waals surface area contributed by atoms with Crippen molar-refractivity contribution in [1.29, 1.82) is 0 Å². The highest BCUT2D eigenvalue weighted by Gasteiger charge is 2.19. The normalized spacial score (nSPS) is 13.8. The van der Waals surface area contributed by atoms with Crippen molar-refractivity contribution < 1.29 is 14.6 Å². The largest absolute Gasteiger partial charge is 0.491 e. The minimum absolute atomic E-state index is 0.0304. The number of carbonyl (C=O) groups is 1. The summed E-state index contributed by atoms with van der Waals surface area (Å²) in [5.74, 6) is 2.23. The molecule has 1 aromatic carbocycles. The molecule has 1 aliphatic heterocycles. The van der Waals surface area contributed by atoms with Crippen LogP contribution in [0.5, 0.6) is 5.75 Å². The van der Waals surface area contributed by atoms with Crippen LogP contribution in [-0.4, -0.2) is 56.7 Å². The smallest absolute Gasteiger partial charge is 0.317 e. The summed E-state index contributed by atoms with van der Waals surface area (Å²) in [5.41, 5.74) is 1.72. The zero-order valence-electron chi connectivity index (χ0n) is 14.0. The second-order valence-electron chi connectivity index (χ2n) is 5.65. The molecule has 1 aliphatic rings. The number of ether oxygens (including phenoxy) is 1. The van der Waals surface area contributed by atoms with Crippen molar-refractivity contribution in [3.63, 3.8) is 0 Å². The third kappa shape index (κ3) is 4.64. The van der Waals surface area contributed by atoms with Gasteiger partial charge in [0, 0.05) is 17.9 Å². The van der Waals surface area contributed by atoms with Crippen molar-refractivity contribution in [2.75, 3.05) is 25.4 Å². The highest BCUT2D eigenvalue weighted by molar-refractivity contribution is 7.99. The molecular formula is C16H21N5O3S. The van der Waals surface area contributed by atoms with E-state index in [2.05, 4.69) is 20.5 Å². The predicted molar refractivity (Wildman–Crippen MR) is 93.5 cm³/mol. The summed E-state index contributed by atoms with van der Waals surface area (Å²) >= 11 is 1.49. The monoisotopic (exact) mass is 363 g/mol. The van der Waals surface area contributed by atoms with E-state index in [0.29, 0.717) is 37.2 Å². The number of rotatable bonds is 5. The van der Waals surface area contributed by atoms with Gasteiger partial charge in [-0.15, -0.1) is 5.10 Å². The van der Waals surface area contributed by atoms with E-state index in [4.69, 9.17) is 4.74 Å². The van der Waals surface area contributed by atoms with Crippen molar-refractivity contribution in [3.05, 3.63) is 35.2 Å². The average molecular weight is 363 g/mol. The first-order valence-corrected chi connectivity index (χ1v) is 9.04. The number of aliphatic hydroxyl groups is 1. The second kappa shape index (κ2) is 8.21. The topological polar surface area (TPSA) is 103 Å². The highest BCUT2D eigenvalue weighted by Crippen LogP contribution is 2.24. The van der Waals surface area contributed by atoms with E-state index < -0.39 is 0 Å². The number of hydrogen-bond acceptors (Lipinski definition) is 6. The van der Waals surface area contributed by atoms with Gasteiger partial charge >= 0.3 is 6.03 Å². The van der Waals surface area contributed by atoms with E-state index in [1.165, 1.54) is 11.8 Å². The summed E-state index contributed by atoms with van der Waals surface area (Å²) in [7, 11) is 0. The van der Waals surface area contributed by atoms with Crippen LogP contribution < -0.4 is 10.1 Å². The lowest BCUT2D eigenvalue weighted by molar-refractivity contribution is 0.188. The molecule has 1 aromatic heterocycles. The van der Waals surface area contributed by atoms with Gasteiger partial charge in [0.15, 0.2) is 0 Å². The van der Waals surface area contributed by atoms with Crippen LogP contribution in [0, 0.1) is 6.92 Å². The van der Waals surface area contributed by atoms with E-state index in [-0.39, 0.29) is 12.6 Å². The van der Waals surface area contributed by atoms with Crippen molar-refractivity contribution in [3.8, 4) is 5.75 Å². The Morgan fingerprint density at radius 3 is 3.16 bits per heavy atom. The highest BCUT2D eigenvalue weighted by atomic mass is 32.2. The van der Waals surface area contributed by atoms with E-state index in [1.54, 1.807) is 4.90 Å². The van der Waals surface area contributed by atoms with E-state index in [0.717, 1.165) is 22.7 Å². The van der Waals surface area contributed by atoms with E-state index in [1.807, 2.05) is 25.1 Å². The third-order valence-electron chi connectivity index (χ3n) is 3.76. The van der Waals surface area contributed by atoms with Gasteiger partial charge in [-0.1, -0.05) is 17.8 Å². The number of aromatic nitrogens is 3. The molecule has 0 atom stereocenters. The maximum atomic E-state index is 12.4. The van der Waals surface area contributed by atoms with Gasteiger partial charge in [-0.3, -0.25) is 5.10 Å². The SMILES string of the molecule is Cc1nc(SCCNC(=O)N2CCOc3ccc(CO)cc3C2)n[nH]1. The number of urea groups is 1. The van der Waals surface area contributed by atoms with E-state index >= 15 is 0 Å². The average Bonchev–Trinajstić information content (AvgIpc) is 2.91. The lowest BCUT2D eigenvalue weighted by Crippen LogP contribution is -2.41. The number of H-pyrrole nitrogens is 1. The van der Waals surface area contributed by atoms with Crippen molar-refractivity contribution >= 4 is 17.8 Å². The van der Waals surface area contributed by atoms with Crippen LogP contribution in [0.2, 0.25) is 0 Å². The number of carbonyl (C=O) groups excluding carboxylic acids is 1. The van der Waals surface area contributed by atoms with Crippen molar-refractivity contribution in [1.82, 2.24) is 25.4 Å². The fourth-order valence-electron chi connectivity index (χ4n) is 2.52. The van der Waals surface area contributed by atoms with Gasteiger partial charge in [0.2, 0.25) is 5.16 Å². The second-order valence-corrected chi connectivity index (χ2v) is 6.72. The summed E-state index contributed by atoms with van der Waals surface area (Å²) in [4.78, 5) is 18.3. The molecule has 0 fully saturated rings. The lowest BCUT2D eigenvalue weighted by atomic mass is 10.1. The molecule has 2 heterocycles. The van der Waals surface area contributed by atoms with Gasteiger partial charge < -0.3 is 20.1 Å². The number of benzene rings is 1. The number of aromatic amines is 1. The Bertz CT molecular complexity index is 736. The van der Waals surface area contributed by atoms with Gasteiger partial charge in [-0.05, 0) is 24.6 Å². The number of nitrogens with one attached hydrogen (secondary N) is 2. The molecule has 9 heteroatoms. The fraction of sp³-hybridized carbons (Fsp3) is 0.438. The first kappa shape index (κ1) is 17.6. The van der Waals surface area contributed by atoms with Gasteiger partial charge in [-0.25, -0.2) is 9.78 Å².